The van der Waals surface area contributed by atoms with Crippen LogP contribution in [0.1, 0.15) is 6.42 Å². The van der Waals surface area contributed by atoms with Crippen LogP contribution < -0.4 is 4.74 Å². The molecule has 1 aliphatic heterocycles. The van der Waals surface area contributed by atoms with E-state index in [1.807, 2.05) is 0 Å². The number of nitrogens with zero attached hydrogens (tertiary/aromatic N) is 2. The van der Waals surface area contributed by atoms with E-state index in [0.717, 1.165) is 0 Å². The van der Waals surface area contributed by atoms with Crippen molar-refractivity contribution in [3.05, 3.63) is 18.5 Å². The van der Waals surface area contributed by atoms with Crippen molar-refractivity contribution in [1.29, 1.82) is 0 Å². The predicted molar refractivity (Wildman–Crippen MR) is 41.9 cm³/mol. The molecule has 1 aromatic rings. The molecule has 0 saturated carbocycles. The van der Waals surface area contributed by atoms with Gasteiger partial charge in [0.2, 0.25) is 0 Å². The summed E-state index contributed by atoms with van der Waals surface area (Å²) in [6.07, 6.45) is 1.77. The monoisotopic (exact) mass is 184 g/mol. The van der Waals surface area contributed by atoms with Gasteiger partial charge < -0.3 is 9.47 Å². The van der Waals surface area contributed by atoms with Crippen molar-refractivity contribution in [1.82, 2.24) is 9.97 Å². The normalized spacial score (nSPS) is 23.3. The molecule has 0 radical (unpaired) electrons. The van der Waals surface area contributed by atoms with Gasteiger partial charge in [-0.25, -0.2) is 9.97 Å². The number of ether oxygens (including phenoxy) is 2. The van der Waals surface area contributed by atoms with Crippen LogP contribution in [0.25, 0.3) is 0 Å². The third kappa shape index (κ3) is 1.92. The van der Waals surface area contributed by atoms with E-state index in [9.17, 15) is 4.39 Å². The second kappa shape index (κ2) is 3.66. The molecule has 0 N–H and O–H groups in total. The van der Waals surface area contributed by atoms with Crippen LogP contribution in [-0.4, -0.2) is 29.0 Å². The van der Waals surface area contributed by atoms with Crippen LogP contribution in [0.5, 0.6) is 6.01 Å². The van der Waals surface area contributed by atoms with E-state index in [1.54, 1.807) is 6.07 Å². The van der Waals surface area contributed by atoms with Crippen molar-refractivity contribution in [2.75, 3.05) is 6.61 Å². The van der Waals surface area contributed by atoms with E-state index in [2.05, 4.69) is 9.97 Å². The van der Waals surface area contributed by atoms with Crippen molar-refractivity contribution in [3.8, 4) is 6.01 Å². The lowest BCUT2D eigenvalue weighted by molar-refractivity contribution is -0.152. The Kier molecular flexibility index (Phi) is 2.35. The summed E-state index contributed by atoms with van der Waals surface area (Å²) in [5.41, 5.74) is 0. The van der Waals surface area contributed by atoms with E-state index in [0.29, 0.717) is 13.0 Å². The van der Waals surface area contributed by atoms with Gasteiger partial charge in [-0.2, -0.15) is 4.39 Å². The number of hydrogen-bond acceptors (Lipinski definition) is 4. The molecule has 13 heavy (non-hydrogen) atoms. The topological polar surface area (TPSA) is 44.2 Å². The summed E-state index contributed by atoms with van der Waals surface area (Å²) in [6, 6.07) is 1.69. The molecule has 0 aromatic carbocycles. The second-order valence-electron chi connectivity index (χ2n) is 2.70. The number of aromatic nitrogens is 2. The molecule has 4 nitrogen and oxygen atoms in total. The van der Waals surface area contributed by atoms with Gasteiger partial charge in [0.1, 0.15) is 6.10 Å². The third-order valence-electron chi connectivity index (χ3n) is 1.79. The molecule has 0 bridgehead atoms. The molecule has 2 unspecified atom stereocenters. The van der Waals surface area contributed by atoms with Crippen LogP contribution in [0.4, 0.5) is 4.39 Å². The maximum Gasteiger partial charge on any atom is 0.318 e. The number of alkyl halides is 1. The number of halogens is 1. The van der Waals surface area contributed by atoms with Gasteiger partial charge in [-0.15, -0.1) is 0 Å². The molecule has 1 fully saturated rings. The van der Waals surface area contributed by atoms with Gasteiger partial charge in [0.15, 0.2) is 0 Å². The molecule has 2 rings (SSSR count). The first-order valence-corrected chi connectivity index (χ1v) is 4.05. The van der Waals surface area contributed by atoms with Crippen LogP contribution >= 0.6 is 0 Å². The van der Waals surface area contributed by atoms with Gasteiger partial charge in [-0.3, -0.25) is 0 Å². The molecular weight excluding hydrogens is 175 g/mol. The zero-order chi connectivity index (χ0) is 9.10. The molecule has 1 aliphatic rings. The quantitative estimate of drug-likeness (QED) is 0.701. The van der Waals surface area contributed by atoms with Crippen LogP contribution in [0, 0.1) is 0 Å². The highest BCUT2D eigenvalue weighted by atomic mass is 19.1. The summed E-state index contributed by atoms with van der Waals surface area (Å²) < 4.78 is 22.8. The van der Waals surface area contributed by atoms with Crippen molar-refractivity contribution in [3.63, 3.8) is 0 Å². The van der Waals surface area contributed by atoms with Gasteiger partial charge in [0.05, 0.1) is 0 Å². The van der Waals surface area contributed by atoms with Crippen molar-refractivity contribution >= 4 is 0 Å². The Balaban J connectivity index is 1.90. The van der Waals surface area contributed by atoms with E-state index in [4.69, 9.17) is 9.47 Å². The Morgan fingerprint density at radius 1 is 1.54 bits per heavy atom. The van der Waals surface area contributed by atoms with Gasteiger partial charge in [0, 0.05) is 25.4 Å². The fraction of sp³-hybridized carbons (Fsp3) is 0.500. The zero-order valence-electron chi connectivity index (χ0n) is 6.89. The fourth-order valence-corrected chi connectivity index (χ4v) is 0.983. The first-order chi connectivity index (χ1) is 6.36. The lowest BCUT2D eigenvalue weighted by Crippen LogP contribution is -2.39. The molecular formula is C8H9FN2O2. The lowest BCUT2D eigenvalue weighted by Gasteiger charge is -2.28. The van der Waals surface area contributed by atoms with Crippen LogP contribution in [0.15, 0.2) is 18.5 Å². The van der Waals surface area contributed by atoms with E-state index in [1.165, 1.54) is 12.4 Å². The first kappa shape index (κ1) is 8.37. The van der Waals surface area contributed by atoms with E-state index < -0.39 is 12.5 Å². The van der Waals surface area contributed by atoms with Crippen molar-refractivity contribution in [2.45, 2.75) is 18.9 Å². The summed E-state index contributed by atoms with van der Waals surface area (Å²) in [5, 5.41) is 0. The third-order valence-corrected chi connectivity index (χ3v) is 1.79. The highest BCUT2D eigenvalue weighted by Crippen LogP contribution is 2.19. The molecule has 5 heteroatoms. The Hall–Kier alpha value is -1.23. The van der Waals surface area contributed by atoms with Crippen LogP contribution in [0.3, 0.4) is 0 Å². The average Bonchev–Trinajstić information content (AvgIpc) is 2.02. The molecule has 1 saturated heterocycles. The minimum atomic E-state index is -1.46. The maximum absolute atomic E-state index is 13.1. The molecule has 70 valence electrons. The van der Waals surface area contributed by atoms with E-state index >= 15 is 0 Å². The smallest absolute Gasteiger partial charge is 0.318 e. The van der Waals surface area contributed by atoms with Crippen LogP contribution in [0.2, 0.25) is 0 Å². The Morgan fingerprint density at radius 2 is 2.23 bits per heavy atom. The molecule has 0 aliphatic carbocycles. The largest absolute Gasteiger partial charge is 0.426 e. The van der Waals surface area contributed by atoms with Crippen molar-refractivity contribution < 1.29 is 13.9 Å². The van der Waals surface area contributed by atoms with E-state index in [-0.39, 0.29) is 6.01 Å². The maximum atomic E-state index is 13.1. The first-order valence-electron chi connectivity index (χ1n) is 4.05. The van der Waals surface area contributed by atoms with Gasteiger partial charge in [0.25, 0.3) is 6.36 Å². The predicted octanol–water partition coefficient (Wildman–Crippen LogP) is 0.940. The molecule has 2 atom stereocenters. The van der Waals surface area contributed by atoms with Gasteiger partial charge in [-0.05, 0) is 6.07 Å². The standard InChI is InChI=1S/C8H9FN2O2/c9-7(6-2-5-12-6)13-8-10-3-1-4-11-8/h1,3-4,6-7H,2,5H2. The van der Waals surface area contributed by atoms with Gasteiger partial charge >= 0.3 is 6.01 Å². The summed E-state index contributed by atoms with van der Waals surface area (Å²) >= 11 is 0. The average molecular weight is 184 g/mol. The number of hydrogen-bond donors (Lipinski definition) is 0. The Labute approximate surface area is 74.7 Å². The molecule has 2 heterocycles. The Morgan fingerprint density at radius 3 is 2.77 bits per heavy atom. The minimum absolute atomic E-state index is 0.0468. The second-order valence-corrected chi connectivity index (χ2v) is 2.70. The summed E-state index contributed by atoms with van der Waals surface area (Å²) in [4.78, 5) is 7.46. The van der Waals surface area contributed by atoms with Crippen LogP contribution in [-0.2, 0) is 4.74 Å². The lowest BCUT2D eigenvalue weighted by atomic mass is 10.2. The summed E-state index contributed by atoms with van der Waals surface area (Å²) in [6.45, 7) is 0.601. The molecule has 0 spiro atoms. The minimum Gasteiger partial charge on any atom is -0.426 e. The highest BCUT2D eigenvalue weighted by Gasteiger charge is 2.30. The highest BCUT2D eigenvalue weighted by molar-refractivity contribution is 4.94. The van der Waals surface area contributed by atoms with Gasteiger partial charge in [-0.1, -0.05) is 0 Å². The summed E-state index contributed by atoms with van der Waals surface area (Å²) in [7, 11) is 0. The Bertz CT molecular complexity index is 266. The molecule has 1 aromatic heterocycles. The fourth-order valence-electron chi connectivity index (χ4n) is 0.983. The van der Waals surface area contributed by atoms with Crippen molar-refractivity contribution in [2.24, 2.45) is 0 Å². The molecule has 0 amide bonds. The SMILES string of the molecule is FC(Oc1ncccn1)C1CCO1. The zero-order valence-corrected chi connectivity index (χ0v) is 6.89. The summed E-state index contributed by atoms with van der Waals surface area (Å²) in [5.74, 6) is 0. The number of rotatable bonds is 3.